The van der Waals surface area contributed by atoms with Crippen LogP contribution in [0.25, 0.3) is 43.8 Å². The van der Waals surface area contributed by atoms with Crippen molar-refractivity contribution in [1.29, 1.82) is 0 Å². The minimum Gasteiger partial charge on any atom is -0.313 e. The van der Waals surface area contributed by atoms with E-state index in [9.17, 15) is 29.6 Å². The first-order valence-corrected chi connectivity index (χ1v) is 26.6. The number of hydroxylamine groups is 4. The van der Waals surface area contributed by atoms with Crippen LogP contribution in [0.2, 0.25) is 0 Å². The Labute approximate surface area is 432 Å². The monoisotopic (exact) mass is 987 g/mol. The topological polar surface area (TPSA) is 122 Å². The Balaban J connectivity index is 1.22. The van der Waals surface area contributed by atoms with Crippen LogP contribution in [0.5, 0.6) is 0 Å². The van der Waals surface area contributed by atoms with Crippen molar-refractivity contribution in [2.75, 3.05) is 4.90 Å². The van der Waals surface area contributed by atoms with Gasteiger partial charge in [0.25, 0.3) is 23.6 Å². The van der Waals surface area contributed by atoms with Crippen molar-refractivity contribution in [3.8, 4) is 11.1 Å². The average molecular weight is 987 g/mol. The summed E-state index contributed by atoms with van der Waals surface area (Å²) in [4.78, 5) is 60.5. The zero-order chi connectivity index (χ0) is 53.5. The SMILES string of the molecule is CCC(C)(C)c1ccc2c(=C3CC(C)(C)N(O)C(C)(C)C3)c3cc(N4C(=O)c5ccc(-c6ccc7c(c6)C(=O)N(C(C)(CC)CCC(C)(C)C)C7=O)cc5C4=O)ccc3c(=C3CC(C)(C)N(O)C(C)(C)C3)c2c1. The van der Waals surface area contributed by atoms with Gasteiger partial charge >= 0.3 is 0 Å². The number of carbonyl (C=O) groups excluding carboxylic acids is 4. The van der Waals surface area contributed by atoms with Crippen LogP contribution in [0.3, 0.4) is 0 Å². The number of nitrogens with zero attached hydrogens (tertiary/aromatic N) is 4. The molecule has 0 bridgehead atoms. The maximum absolute atomic E-state index is 14.9. The van der Waals surface area contributed by atoms with Crippen molar-refractivity contribution in [2.24, 2.45) is 5.41 Å². The van der Waals surface area contributed by atoms with E-state index >= 15 is 0 Å². The van der Waals surface area contributed by atoms with E-state index < -0.39 is 39.5 Å². The Morgan fingerprint density at radius 2 is 0.904 bits per heavy atom. The molecular weight excluding hydrogens is 909 g/mol. The zero-order valence-electron chi connectivity index (χ0n) is 46.4. The largest absolute Gasteiger partial charge is 0.313 e. The van der Waals surface area contributed by atoms with Crippen molar-refractivity contribution in [1.82, 2.24) is 15.0 Å². The summed E-state index contributed by atoms with van der Waals surface area (Å²) in [5.74, 6) is -1.46. The van der Waals surface area contributed by atoms with Gasteiger partial charge in [-0.15, -0.1) is 0 Å². The third kappa shape index (κ3) is 8.58. The third-order valence-electron chi connectivity index (χ3n) is 17.4. The summed E-state index contributed by atoms with van der Waals surface area (Å²) in [5.41, 5.74) is 3.65. The zero-order valence-corrected chi connectivity index (χ0v) is 46.4. The molecule has 2 fully saturated rings. The van der Waals surface area contributed by atoms with Gasteiger partial charge < -0.3 is 10.4 Å². The standard InChI is InChI=1S/C63H78N4O6/c1-17-58(6,7)41-21-25-43-47(31-41)51(39-33-59(8,9)66(72)60(10,11)34-39)44-26-22-42(32-48(44)52(43)40-35-61(12,13)67(73)62(14,15)36-40)64-53(68)45-23-19-37(29-49(45)54(64)69)38-20-24-46-50(30-38)56(71)65(55(46)70)63(16,18-2)28-27-57(3,4)5/h19-26,29-32,72-73H,17-18,27-28,33-36H2,1-16H3. The summed E-state index contributed by atoms with van der Waals surface area (Å²) in [6.45, 7) is 33.9. The fourth-order valence-electron chi connectivity index (χ4n) is 12.9. The minimum atomic E-state index is -0.647. The highest BCUT2D eigenvalue weighted by Crippen LogP contribution is 2.45. The van der Waals surface area contributed by atoms with Crippen LogP contribution in [0.1, 0.15) is 209 Å². The van der Waals surface area contributed by atoms with Crippen molar-refractivity contribution >= 4 is 62.0 Å². The molecule has 2 N–H and O–H groups in total. The van der Waals surface area contributed by atoms with Crippen LogP contribution in [0.15, 0.2) is 72.8 Å². The Hall–Kier alpha value is -5.52. The first-order valence-electron chi connectivity index (χ1n) is 26.6. The van der Waals surface area contributed by atoms with Gasteiger partial charge in [-0.25, -0.2) is 4.90 Å². The van der Waals surface area contributed by atoms with Gasteiger partial charge in [0.05, 0.1) is 27.9 Å². The molecule has 2 saturated heterocycles. The van der Waals surface area contributed by atoms with Gasteiger partial charge in [0.1, 0.15) is 0 Å². The van der Waals surface area contributed by atoms with E-state index in [0.29, 0.717) is 72.0 Å². The van der Waals surface area contributed by atoms with Crippen molar-refractivity contribution in [2.45, 2.75) is 195 Å². The Bertz CT molecular complexity index is 3290. The second-order valence-electron chi connectivity index (χ2n) is 26.6. The van der Waals surface area contributed by atoms with E-state index in [4.69, 9.17) is 0 Å². The second-order valence-corrected chi connectivity index (χ2v) is 26.6. The minimum absolute atomic E-state index is 0.0386. The number of imide groups is 2. The summed E-state index contributed by atoms with van der Waals surface area (Å²) < 4.78 is 0. The van der Waals surface area contributed by atoms with Gasteiger partial charge in [-0.1, -0.05) is 89.9 Å². The van der Waals surface area contributed by atoms with E-state index in [2.05, 4.69) is 121 Å². The van der Waals surface area contributed by atoms with Crippen LogP contribution < -0.4 is 15.3 Å². The molecule has 0 saturated carbocycles. The average Bonchev–Trinajstić information content (AvgIpc) is 3.72. The van der Waals surface area contributed by atoms with Gasteiger partial charge in [0.15, 0.2) is 0 Å². The highest BCUT2D eigenvalue weighted by molar-refractivity contribution is 6.35. The summed E-state index contributed by atoms with van der Waals surface area (Å²) >= 11 is 0. The molecule has 386 valence electrons. The first kappa shape index (κ1) is 52.3. The molecule has 9 rings (SSSR count). The van der Waals surface area contributed by atoms with Crippen molar-refractivity contribution in [3.63, 3.8) is 0 Å². The number of fused-ring (bicyclic) bond motifs is 4. The van der Waals surface area contributed by atoms with Gasteiger partial charge in [-0.2, -0.15) is 10.1 Å². The maximum atomic E-state index is 14.9. The summed E-state index contributed by atoms with van der Waals surface area (Å²) in [6.07, 6.45) is 5.55. The second kappa shape index (κ2) is 17.3. The number of anilines is 1. The molecule has 0 radical (unpaired) electrons. The molecular formula is C63H78N4O6. The third-order valence-corrected chi connectivity index (χ3v) is 17.4. The van der Waals surface area contributed by atoms with E-state index in [1.54, 1.807) is 24.3 Å². The Kier molecular flexibility index (Phi) is 12.4. The van der Waals surface area contributed by atoms with E-state index in [-0.39, 0.29) is 28.2 Å². The molecule has 5 aromatic rings. The normalized spacial score (nSPS) is 20.9. The molecule has 1 atom stereocenters. The molecule has 4 heterocycles. The summed E-state index contributed by atoms with van der Waals surface area (Å²) in [5, 5.41) is 32.5. The van der Waals surface area contributed by atoms with Gasteiger partial charge in [-0.3, -0.25) is 24.1 Å². The van der Waals surface area contributed by atoms with Crippen LogP contribution in [0.4, 0.5) is 5.69 Å². The summed E-state index contributed by atoms with van der Waals surface area (Å²) in [7, 11) is 0. The van der Waals surface area contributed by atoms with E-state index in [0.717, 1.165) is 44.8 Å². The van der Waals surface area contributed by atoms with Crippen molar-refractivity contribution < 1.29 is 29.6 Å². The van der Waals surface area contributed by atoms with Crippen molar-refractivity contribution in [3.05, 3.63) is 111 Å². The molecule has 0 aliphatic carbocycles. The number of piperidine rings is 2. The van der Waals surface area contributed by atoms with E-state index in [1.807, 2.05) is 38.1 Å². The molecule has 1 unspecified atom stereocenters. The number of hydrogen-bond donors (Lipinski definition) is 2. The molecule has 0 aromatic heterocycles. The summed E-state index contributed by atoms with van der Waals surface area (Å²) in [6, 6.07) is 23.4. The smallest absolute Gasteiger partial charge is 0.266 e. The fraction of sp³-hybridized carbons (Fsp3) is 0.492. The van der Waals surface area contributed by atoms with Crippen LogP contribution >= 0.6 is 0 Å². The highest BCUT2D eigenvalue weighted by atomic mass is 16.5. The van der Waals surface area contributed by atoms with Crippen LogP contribution in [0, 0.1) is 5.41 Å². The van der Waals surface area contributed by atoms with Crippen LogP contribution in [-0.2, 0) is 5.41 Å². The first-order chi connectivity index (χ1) is 33.8. The Morgan fingerprint density at radius 1 is 0.479 bits per heavy atom. The molecule has 10 heteroatoms. The quantitative estimate of drug-likeness (QED) is 0.116. The maximum Gasteiger partial charge on any atom is 0.266 e. The number of hydrogen-bond acceptors (Lipinski definition) is 8. The highest BCUT2D eigenvalue weighted by Gasteiger charge is 2.48. The molecule has 10 nitrogen and oxygen atoms in total. The number of amides is 4. The molecule has 5 aromatic carbocycles. The van der Waals surface area contributed by atoms with E-state index in [1.165, 1.54) is 36.6 Å². The predicted molar refractivity (Wildman–Crippen MR) is 294 cm³/mol. The van der Waals surface area contributed by atoms with Crippen LogP contribution in [-0.4, -0.2) is 76.8 Å². The lowest BCUT2D eigenvalue weighted by atomic mass is 9.74. The lowest BCUT2D eigenvalue weighted by Gasteiger charge is -2.50. The fourth-order valence-corrected chi connectivity index (χ4v) is 12.9. The number of rotatable bonds is 8. The lowest BCUT2D eigenvalue weighted by Crippen LogP contribution is -2.57. The molecule has 4 aliphatic rings. The lowest BCUT2D eigenvalue weighted by molar-refractivity contribution is -0.228. The molecule has 73 heavy (non-hydrogen) atoms. The van der Waals surface area contributed by atoms with Gasteiger partial charge in [-0.05, 0) is 216 Å². The molecule has 0 spiro atoms. The molecule has 4 amide bonds. The number of benzene rings is 5. The van der Waals surface area contributed by atoms with Gasteiger partial charge in [0, 0.05) is 27.7 Å². The molecule has 4 aliphatic heterocycles. The predicted octanol–water partition coefficient (Wildman–Crippen LogP) is 13.1. The Morgan fingerprint density at radius 3 is 1.37 bits per heavy atom. The van der Waals surface area contributed by atoms with Gasteiger partial charge in [0.2, 0.25) is 0 Å². The number of carbonyl (C=O) groups is 4.